The Bertz CT molecular complexity index is 942. The molecule has 2 unspecified atom stereocenters. The van der Waals surface area contributed by atoms with Crippen LogP contribution in [0.25, 0.3) is 0 Å². The predicted molar refractivity (Wildman–Crippen MR) is 140 cm³/mol. The molecule has 37 heavy (non-hydrogen) atoms. The first-order valence-electron chi connectivity index (χ1n) is 14.0. The van der Waals surface area contributed by atoms with E-state index in [1.807, 2.05) is 25.1 Å². The van der Waals surface area contributed by atoms with Gasteiger partial charge < -0.3 is 30.7 Å². The van der Waals surface area contributed by atoms with Crippen molar-refractivity contribution in [2.75, 3.05) is 26.3 Å². The van der Waals surface area contributed by atoms with Crippen molar-refractivity contribution in [1.82, 2.24) is 20.9 Å². The van der Waals surface area contributed by atoms with Crippen LogP contribution in [-0.2, 0) is 20.7 Å². The molecule has 3 aliphatic rings. The van der Waals surface area contributed by atoms with Crippen molar-refractivity contribution < 1.29 is 24.2 Å². The number of aryl methyl sites for hydroxylation is 1. The monoisotopic (exact) mass is 514 g/mol. The van der Waals surface area contributed by atoms with Gasteiger partial charge in [-0.1, -0.05) is 63.3 Å². The van der Waals surface area contributed by atoms with Crippen LogP contribution in [0.15, 0.2) is 24.3 Å². The molecule has 9 nitrogen and oxygen atoms in total. The molecule has 4 N–H and O–H groups in total. The number of hydrogen-bond donors (Lipinski definition) is 4. The minimum Gasteiger partial charge on any atom is -0.381 e. The van der Waals surface area contributed by atoms with Gasteiger partial charge in [0.25, 0.3) is 5.91 Å². The summed E-state index contributed by atoms with van der Waals surface area (Å²) < 4.78 is 5.35. The lowest BCUT2D eigenvalue weighted by Crippen LogP contribution is -2.65. The summed E-state index contributed by atoms with van der Waals surface area (Å²) in [5, 5.41) is 20.1. The van der Waals surface area contributed by atoms with Crippen LogP contribution in [0.5, 0.6) is 0 Å². The number of carbonyl (C=O) groups is 3. The second-order valence-corrected chi connectivity index (χ2v) is 10.6. The Morgan fingerprint density at radius 1 is 1.14 bits per heavy atom. The van der Waals surface area contributed by atoms with Gasteiger partial charge in [-0.15, -0.1) is 0 Å². The second-order valence-electron chi connectivity index (χ2n) is 10.6. The molecule has 1 aliphatic heterocycles. The summed E-state index contributed by atoms with van der Waals surface area (Å²) in [6.45, 7) is 3.99. The van der Waals surface area contributed by atoms with E-state index in [0.29, 0.717) is 45.6 Å². The van der Waals surface area contributed by atoms with Gasteiger partial charge in [-0.25, -0.2) is 4.79 Å². The molecule has 2 fully saturated rings. The third kappa shape index (κ3) is 6.62. The van der Waals surface area contributed by atoms with E-state index < -0.39 is 23.6 Å². The molecule has 1 saturated heterocycles. The van der Waals surface area contributed by atoms with Crippen LogP contribution in [0.2, 0.25) is 0 Å². The van der Waals surface area contributed by atoms with Crippen LogP contribution in [-0.4, -0.2) is 71.8 Å². The van der Waals surface area contributed by atoms with E-state index in [2.05, 4.69) is 22.0 Å². The number of morpholine rings is 1. The number of urea groups is 1. The fourth-order valence-electron chi connectivity index (χ4n) is 5.80. The number of hydrogen-bond acceptors (Lipinski definition) is 5. The van der Waals surface area contributed by atoms with E-state index in [9.17, 15) is 19.5 Å². The maximum Gasteiger partial charge on any atom is 0.318 e. The molecule has 1 aromatic carbocycles. The number of benzene rings is 1. The normalized spacial score (nSPS) is 22.4. The standard InChI is InChI=1S/C28H42N4O5/c1-2-3-11-23(24(33)25(34)29-22-13-12-20-9-5-6-10-21(20)22)30-26(35)28(14-7-4-8-15-28)31-27(36)32-16-18-37-19-17-32/h5-6,9-10,22-24,33H,2-4,7-8,11-19H2,1H3,(H,29,34)(H,30,35)(H,31,36)/t22?,23-,24?/m0/s1. The highest BCUT2D eigenvalue weighted by atomic mass is 16.5. The highest BCUT2D eigenvalue weighted by Crippen LogP contribution is 2.31. The fourth-order valence-corrected chi connectivity index (χ4v) is 5.80. The highest BCUT2D eigenvalue weighted by molar-refractivity contribution is 5.92. The Morgan fingerprint density at radius 3 is 2.59 bits per heavy atom. The molecule has 2 aliphatic carbocycles. The zero-order valence-electron chi connectivity index (χ0n) is 22.0. The Morgan fingerprint density at radius 2 is 1.86 bits per heavy atom. The summed E-state index contributed by atoms with van der Waals surface area (Å²) in [5.74, 6) is -0.786. The van der Waals surface area contributed by atoms with Gasteiger partial charge in [-0.2, -0.15) is 0 Å². The van der Waals surface area contributed by atoms with Crippen molar-refractivity contribution in [2.24, 2.45) is 0 Å². The van der Waals surface area contributed by atoms with Gasteiger partial charge in [-0.05, 0) is 43.2 Å². The number of unbranched alkanes of at least 4 members (excludes halogenated alkanes) is 1. The zero-order chi connectivity index (χ0) is 26.3. The fraction of sp³-hybridized carbons (Fsp3) is 0.679. The van der Waals surface area contributed by atoms with Crippen molar-refractivity contribution >= 4 is 17.8 Å². The van der Waals surface area contributed by atoms with E-state index >= 15 is 0 Å². The molecule has 1 heterocycles. The lowest BCUT2D eigenvalue weighted by molar-refractivity contribution is -0.135. The van der Waals surface area contributed by atoms with E-state index in [4.69, 9.17) is 4.74 Å². The molecule has 1 aromatic rings. The summed E-state index contributed by atoms with van der Waals surface area (Å²) in [5.41, 5.74) is 1.26. The van der Waals surface area contributed by atoms with Gasteiger partial charge >= 0.3 is 6.03 Å². The van der Waals surface area contributed by atoms with Crippen LogP contribution in [0.4, 0.5) is 4.79 Å². The van der Waals surface area contributed by atoms with Crippen molar-refractivity contribution in [1.29, 1.82) is 0 Å². The predicted octanol–water partition coefficient (Wildman–Crippen LogP) is 2.57. The lowest BCUT2D eigenvalue weighted by atomic mass is 9.80. The Hall–Kier alpha value is -2.65. The number of amides is 4. The number of nitrogens with zero attached hydrogens (tertiary/aromatic N) is 1. The number of aliphatic hydroxyl groups excluding tert-OH is 1. The van der Waals surface area contributed by atoms with E-state index in [-0.39, 0.29) is 18.0 Å². The number of fused-ring (bicyclic) bond motifs is 1. The van der Waals surface area contributed by atoms with Crippen LogP contribution in [0.1, 0.15) is 81.9 Å². The van der Waals surface area contributed by atoms with Gasteiger partial charge in [0.2, 0.25) is 5.91 Å². The van der Waals surface area contributed by atoms with Crippen LogP contribution in [0, 0.1) is 0 Å². The molecule has 4 amide bonds. The Balaban J connectivity index is 1.44. The number of ether oxygens (including phenoxy) is 1. The Labute approximate surface area is 219 Å². The van der Waals surface area contributed by atoms with Crippen LogP contribution >= 0.6 is 0 Å². The Kier molecular flexibility index (Phi) is 9.43. The van der Waals surface area contributed by atoms with E-state index in [1.165, 1.54) is 5.56 Å². The smallest absolute Gasteiger partial charge is 0.318 e. The third-order valence-corrected chi connectivity index (χ3v) is 8.07. The van der Waals surface area contributed by atoms with Gasteiger partial charge in [0, 0.05) is 13.1 Å². The quantitative estimate of drug-likeness (QED) is 0.404. The second kappa shape index (κ2) is 12.7. The maximum atomic E-state index is 13.7. The number of carbonyl (C=O) groups excluding carboxylic acids is 3. The molecule has 1 saturated carbocycles. The summed E-state index contributed by atoms with van der Waals surface area (Å²) in [6.07, 6.45) is 6.16. The summed E-state index contributed by atoms with van der Waals surface area (Å²) >= 11 is 0. The first-order chi connectivity index (χ1) is 17.9. The van der Waals surface area contributed by atoms with Crippen molar-refractivity contribution in [3.05, 3.63) is 35.4 Å². The minimum atomic E-state index is -1.38. The summed E-state index contributed by atoms with van der Waals surface area (Å²) in [4.78, 5) is 41.6. The molecule has 0 radical (unpaired) electrons. The average Bonchev–Trinajstić information content (AvgIpc) is 3.34. The molecule has 4 rings (SSSR count). The molecule has 204 valence electrons. The summed E-state index contributed by atoms with van der Waals surface area (Å²) in [6, 6.07) is 6.90. The van der Waals surface area contributed by atoms with Crippen LogP contribution in [0.3, 0.4) is 0 Å². The molecule has 0 aromatic heterocycles. The van der Waals surface area contributed by atoms with Gasteiger partial charge in [0.1, 0.15) is 5.54 Å². The number of aliphatic hydroxyl groups is 1. The maximum absolute atomic E-state index is 13.7. The van der Waals surface area contributed by atoms with E-state index in [1.54, 1.807) is 4.90 Å². The average molecular weight is 515 g/mol. The minimum absolute atomic E-state index is 0.140. The van der Waals surface area contributed by atoms with E-state index in [0.717, 1.165) is 50.5 Å². The molecule has 9 heteroatoms. The van der Waals surface area contributed by atoms with Gasteiger partial charge in [0.15, 0.2) is 6.10 Å². The first kappa shape index (κ1) is 27.4. The zero-order valence-corrected chi connectivity index (χ0v) is 22.0. The third-order valence-electron chi connectivity index (χ3n) is 8.07. The molecule has 0 spiro atoms. The van der Waals surface area contributed by atoms with Crippen molar-refractivity contribution in [3.8, 4) is 0 Å². The molecule has 3 atom stereocenters. The SMILES string of the molecule is CCCC[C@H](NC(=O)C1(NC(=O)N2CCOCC2)CCCCC1)C(O)C(=O)NC1CCc2ccccc21. The largest absolute Gasteiger partial charge is 0.381 e. The molecule has 0 bridgehead atoms. The number of nitrogens with one attached hydrogen (secondary N) is 3. The van der Waals surface area contributed by atoms with Crippen molar-refractivity contribution in [2.45, 2.75) is 94.9 Å². The molecular weight excluding hydrogens is 472 g/mol. The van der Waals surface area contributed by atoms with Crippen molar-refractivity contribution in [3.63, 3.8) is 0 Å². The first-order valence-corrected chi connectivity index (χ1v) is 14.0. The lowest BCUT2D eigenvalue weighted by Gasteiger charge is -2.40. The highest BCUT2D eigenvalue weighted by Gasteiger charge is 2.43. The topological polar surface area (TPSA) is 120 Å². The summed E-state index contributed by atoms with van der Waals surface area (Å²) in [7, 11) is 0. The van der Waals surface area contributed by atoms with Gasteiger partial charge in [-0.3, -0.25) is 9.59 Å². The van der Waals surface area contributed by atoms with Crippen LogP contribution < -0.4 is 16.0 Å². The van der Waals surface area contributed by atoms with Gasteiger partial charge in [0.05, 0.1) is 25.3 Å². The molecular formula is C28H42N4O5. The number of rotatable bonds is 9.